The lowest BCUT2D eigenvalue weighted by Gasteiger charge is -2.26. The fourth-order valence-corrected chi connectivity index (χ4v) is 2.44. The van der Waals surface area contributed by atoms with Crippen molar-refractivity contribution in [1.82, 2.24) is 4.90 Å². The highest BCUT2D eigenvalue weighted by molar-refractivity contribution is 6.31. The molecule has 1 aromatic rings. The molecule has 1 N–H and O–H groups in total. The Kier molecular flexibility index (Phi) is 5.05. The van der Waals surface area contributed by atoms with Gasteiger partial charge in [0.1, 0.15) is 17.9 Å². The van der Waals surface area contributed by atoms with Crippen molar-refractivity contribution in [2.24, 2.45) is 0 Å². The minimum absolute atomic E-state index is 0.117. The van der Waals surface area contributed by atoms with Gasteiger partial charge in [-0.2, -0.15) is 0 Å². The van der Waals surface area contributed by atoms with Crippen molar-refractivity contribution in [2.75, 3.05) is 26.2 Å². The summed E-state index contributed by atoms with van der Waals surface area (Å²) in [5.41, 5.74) is 0.117. The number of aromatic carboxylic acids is 1. The summed E-state index contributed by atoms with van der Waals surface area (Å²) in [6.07, 6.45) is 3.78. The lowest BCUT2D eigenvalue weighted by atomic mass is 10.1. The Hall–Kier alpha value is -1.26. The standard InChI is InChI=1S/C14H18ClNO3/c15-11-4-5-13(12(10-11)14(17)18)19-9-8-16-6-2-1-3-7-16/h4-5,10H,1-3,6-9H2,(H,17,18). The molecule has 1 aromatic carbocycles. The first-order valence-electron chi connectivity index (χ1n) is 6.55. The number of hydrogen-bond donors (Lipinski definition) is 1. The number of hydrogen-bond acceptors (Lipinski definition) is 3. The van der Waals surface area contributed by atoms with E-state index in [1.54, 1.807) is 12.1 Å². The maximum Gasteiger partial charge on any atom is 0.339 e. The van der Waals surface area contributed by atoms with Crippen molar-refractivity contribution >= 4 is 17.6 Å². The Balaban J connectivity index is 1.89. The average Bonchev–Trinajstić information content (AvgIpc) is 2.41. The summed E-state index contributed by atoms with van der Waals surface area (Å²) in [7, 11) is 0. The molecule has 1 saturated heterocycles. The van der Waals surface area contributed by atoms with Crippen molar-refractivity contribution in [2.45, 2.75) is 19.3 Å². The number of carboxylic acids is 1. The first-order chi connectivity index (χ1) is 9.16. The van der Waals surface area contributed by atoms with Crippen LogP contribution in [-0.2, 0) is 0 Å². The van der Waals surface area contributed by atoms with Gasteiger partial charge >= 0.3 is 5.97 Å². The number of benzene rings is 1. The summed E-state index contributed by atoms with van der Waals surface area (Å²) < 4.78 is 5.58. The number of piperidine rings is 1. The molecule has 1 aliphatic rings. The Morgan fingerprint density at radius 3 is 2.74 bits per heavy atom. The molecule has 1 aliphatic heterocycles. The van der Waals surface area contributed by atoms with Crippen molar-refractivity contribution in [1.29, 1.82) is 0 Å². The van der Waals surface area contributed by atoms with E-state index in [4.69, 9.17) is 21.4 Å². The minimum atomic E-state index is -1.02. The van der Waals surface area contributed by atoms with E-state index in [0.717, 1.165) is 19.6 Å². The molecule has 0 atom stereocenters. The Labute approximate surface area is 117 Å². The maximum atomic E-state index is 11.1. The SMILES string of the molecule is O=C(O)c1cc(Cl)ccc1OCCN1CCCCC1. The molecule has 0 aliphatic carbocycles. The predicted octanol–water partition coefficient (Wildman–Crippen LogP) is 2.90. The summed E-state index contributed by atoms with van der Waals surface area (Å²) >= 11 is 5.79. The van der Waals surface area contributed by atoms with Crippen LogP contribution in [0.3, 0.4) is 0 Å². The van der Waals surface area contributed by atoms with E-state index >= 15 is 0 Å². The van der Waals surface area contributed by atoms with Gasteiger partial charge in [-0.25, -0.2) is 4.79 Å². The molecule has 0 saturated carbocycles. The van der Waals surface area contributed by atoms with E-state index < -0.39 is 5.97 Å². The number of nitrogens with zero attached hydrogens (tertiary/aromatic N) is 1. The van der Waals surface area contributed by atoms with Gasteiger partial charge in [0, 0.05) is 11.6 Å². The van der Waals surface area contributed by atoms with Crippen LogP contribution in [0.15, 0.2) is 18.2 Å². The normalized spacial score (nSPS) is 16.3. The molecule has 1 heterocycles. The van der Waals surface area contributed by atoms with Crippen LogP contribution in [0.4, 0.5) is 0 Å². The summed E-state index contributed by atoms with van der Waals surface area (Å²) in [5, 5.41) is 9.49. The second kappa shape index (κ2) is 6.78. The fourth-order valence-electron chi connectivity index (χ4n) is 2.26. The number of halogens is 1. The molecule has 0 spiro atoms. The number of carboxylic acid groups (broad SMARTS) is 1. The highest BCUT2D eigenvalue weighted by Crippen LogP contribution is 2.23. The van der Waals surface area contributed by atoms with Gasteiger partial charge < -0.3 is 9.84 Å². The number of likely N-dealkylation sites (tertiary alicyclic amines) is 1. The molecule has 104 valence electrons. The molecule has 0 bridgehead atoms. The summed E-state index contributed by atoms with van der Waals surface area (Å²) in [4.78, 5) is 13.4. The van der Waals surface area contributed by atoms with Crippen LogP contribution >= 0.6 is 11.6 Å². The largest absolute Gasteiger partial charge is 0.491 e. The van der Waals surface area contributed by atoms with E-state index in [0.29, 0.717) is 17.4 Å². The minimum Gasteiger partial charge on any atom is -0.491 e. The highest BCUT2D eigenvalue weighted by atomic mass is 35.5. The zero-order valence-corrected chi connectivity index (χ0v) is 11.5. The molecular formula is C14H18ClNO3. The number of ether oxygens (including phenoxy) is 1. The van der Waals surface area contributed by atoms with Gasteiger partial charge in [-0.05, 0) is 44.1 Å². The van der Waals surface area contributed by atoms with Crippen LogP contribution < -0.4 is 4.74 Å². The smallest absolute Gasteiger partial charge is 0.339 e. The highest BCUT2D eigenvalue weighted by Gasteiger charge is 2.13. The van der Waals surface area contributed by atoms with Crippen LogP contribution in [0, 0.1) is 0 Å². The molecule has 19 heavy (non-hydrogen) atoms. The Morgan fingerprint density at radius 2 is 2.05 bits per heavy atom. The van der Waals surface area contributed by atoms with Gasteiger partial charge in [0.05, 0.1) is 0 Å². The quantitative estimate of drug-likeness (QED) is 0.903. The van der Waals surface area contributed by atoms with Gasteiger partial charge in [-0.1, -0.05) is 18.0 Å². The van der Waals surface area contributed by atoms with Crippen LogP contribution in [0.5, 0.6) is 5.75 Å². The van der Waals surface area contributed by atoms with Crippen LogP contribution in [-0.4, -0.2) is 42.2 Å². The molecule has 2 rings (SSSR count). The van der Waals surface area contributed by atoms with E-state index in [9.17, 15) is 4.79 Å². The second-order valence-corrected chi connectivity index (χ2v) is 5.13. The van der Waals surface area contributed by atoms with Crippen molar-refractivity contribution in [3.8, 4) is 5.75 Å². The third-order valence-corrected chi connectivity index (χ3v) is 3.52. The summed E-state index contributed by atoms with van der Waals surface area (Å²) in [5.74, 6) is -0.635. The number of carbonyl (C=O) groups is 1. The third kappa shape index (κ3) is 4.11. The second-order valence-electron chi connectivity index (χ2n) is 4.70. The topological polar surface area (TPSA) is 49.8 Å². The average molecular weight is 284 g/mol. The molecule has 0 aromatic heterocycles. The summed E-state index contributed by atoms with van der Waals surface area (Å²) in [6.45, 7) is 3.55. The summed E-state index contributed by atoms with van der Waals surface area (Å²) in [6, 6.07) is 4.67. The van der Waals surface area contributed by atoms with E-state index in [2.05, 4.69) is 4.90 Å². The van der Waals surface area contributed by atoms with Crippen LogP contribution in [0.1, 0.15) is 29.6 Å². The van der Waals surface area contributed by atoms with Crippen molar-refractivity contribution < 1.29 is 14.6 Å². The molecule has 5 heteroatoms. The molecular weight excluding hydrogens is 266 g/mol. The lowest BCUT2D eigenvalue weighted by Crippen LogP contribution is -2.33. The van der Waals surface area contributed by atoms with Gasteiger partial charge in [0.25, 0.3) is 0 Å². The van der Waals surface area contributed by atoms with Crippen molar-refractivity contribution in [3.63, 3.8) is 0 Å². The molecule has 0 radical (unpaired) electrons. The van der Waals surface area contributed by atoms with Crippen molar-refractivity contribution in [3.05, 3.63) is 28.8 Å². The van der Waals surface area contributed by atoms with E-state index in [-0.39, 0.29) is 5.56 Å². The first-order valence-corrected chi connectivity index (χ1v) is 6.92. The predicted molar refractivity (Wildman–Crippen MR) is 74.2 cm³/mol. The maximum absolute atomic E-state index is 11.1. The van der Waals surface area contributed by atoms with Gasteiger partial charge in [-0.3, -0.25) is 4.90 Å². The van der Waals surface area contributed by atoms with E-state index in [1.807, 2.05) is 0 Å². The van der Waals surface area contributed by atoms with Gasteiger partial charge in [0.15, 0.2) is 0 Å². The van der Waals surface area contributed by atoms with Gasteiger partial charge in [-0.15, -0.1) is 0 Å². The zero-order chi connectivity index (χ0) is 13.7. The fraction of sp³-hybridized carbons (Fsp3) is 0.500. The lowest BCUT2D eigenvalue weighted by molar-refractivity contribution is 0.0691. The zero-order valence-electron chi connectivity index (χ0n) is 10.8. The molecule has 4 nitrogen and oxygen atoms in total. The van der Waals surface area contributed by atoms with Gasteiger partial charge in [0.2, 0.25) is 0 Å². The first kappa shape index (κ1) is 14.2. The monoisotopic (exact) mass is 283 g/mol. The Bertz CT molecular complexity index is 444. The van der Waals surface area contributed by atoms with E-state index in [1.165, 1.54) is 25.3 Å². The third-order valence-electron chi connectivity index (χ3n) is 3.29. The molecule has 0 unspecified atom stereocenters. The molecule has 0 amide bonds. The van der Waals surface area contributed by atoms with Crippen LogP contribution in [0.25, 0.3) is 0 Å². The van der Waals surface area contributed by atoms with Crippen LogP contribution in [0.2, 0.25) is 5.02 Å². The number of rotatable bonds is 5. The Morgan fingerprint density at radius 1 is 1.32 bits per heavy atom. The molecule has 1 fully saturated rings.